The van der Waals surface area contributed by atoms with E-state index >= 15 is 0 Å². The molecule has 0 spiro atoms. The van der Waals surface area contributed by atoms with Gasteiger partial charge in [0.15, 0.2) is 0 Å². The van der Waals surface area contributed by atoms with E-state index in [0.29, 0.717) is 23.2 Å². The minimum atomic E-state index is -4.43. The molecule has 1 heterocycles. The number of alkyl halides is 4. The van der Waals surface area contributed by atoms with E-state index in [1.807, 2.05) is 6.92 Å². The van der Waals surface area contributed by atoms with Crippen LogP contribution in [0.2, 0.25) is 0 Å². The minimum Gasteiger partial charge on any atom is -0.367 e. The van der Waals surface area contributed by atoms with Gasteiger partial charge in [0.2, 0.25) is 0 Å². The van der Waals surface area contributed by atoms with Gasteiger partial charge in [-0.15, -0.1) is 11.6 Å². The molecule has 1 atom stereocenters. The number of nitrogens with one attached hydrogen (secondary N) is 1. The quantitative estimate of drug-likeness (QED) is 0.784. The molecule has 0 amide bonds. The molecular weight excluding hydrogens is 332 g/mol. The summed E-state index contributed by atoms with van der Waals surface area (Å²) in [4.78, 5) is 3.79. The summed E-state index contributed by atoms with van der Waals surface area (Å²) in [5.74, 6) is 0.242. The molecule has 0 fully saturated rings. The summed E-state index contributed by atoms with van der Waals surface area (Å²) in [5.41, 5.74) is -0.773. The number of nitrogens with zero attached hydrogens (tertiary/aromatic N) is 1. The normalized spacial score (nSPS) is 13.4. The van der Waals surface area contributed by atoms with E-state index in [4.69, 9.17) is 11.6 Å². The van der Waals surface area contributed by atoms with E-state index in [1.54, 1.807) is 0 Å². The Balaban J connectivity index is 3.01. The minimum absolute atomic E-state index is 0.114. The summed E-state index contributed by atoms with van der Waals surface area (Å²) in [6, 6.07) is 0.903. The molecule has 0 saturated carbocycles. The second-order valence-corrected chi connectivity index (χ2v) is 5.07. The van der Waals surface area contributed by atoms with Crippen molar-refractivity contribution in [3.63, 3.8) is 0 Å². The standard InChI is InChI=1S/C11H13BrClF3N2/c1-2-8(3-4-13)18-10-9(11(14,15)16)5-7(12)6-17-10/h5-6,8H,2-4H2,1H3,(H,17,18). The van der Waals surface area contributed by atoms with E-state index in [2.05, 4.69) is 26.2 Å². The summed E-state index contributed by atoms with van der Waals surface area (Å²) in [6.07, 6.45) is -1.82. The predicted octanol–water partition coefficient (Wildman–Crippen LogP) is 4.68. The van der Waals surface area contributed by atoms with Gasteiger partial charge in [-0.2, -0.15) is 13.2 Å². The number of aromatic nitrogens is 1. The number of halogens is 5. The zero-order chi connectivity index (χ0) is 13.8. The Kier molecular flexibility index (Phi) is 5.72. The molecule has 1 unspecified atom stereocenters. The van der Waals surface area contributed by atoms with Crippen molar-refractivity contribution < 1.29 is 13.2 Å². The lowest BCUT2D eigenvalue weighted by atomic mass is 10.1. The first-order valence-electron chi connectivity index (χ1n) is 5.43. The maximum atomic E-state index is 12.8. The number of hydrogen-bond acceptors (Lipinski definition) is 2. The van der Waals surface area contributed by atoms with Gasteiger partial charge >= 0.3 is 6.18 Å². The van der Waals surface area contributed by atoms with Crippen LogP contribution in [-0.4, -0.2) is 16.9 Å². The van der Waals surface area contributed by atoms with Crippen LogP contribution in [0, 0.1) is 0 Å². The van der Waals surface area contributed by atoms with Gasteiger partial charge in [-0.1, -0.05) is 6.92 Å². The van der Waals surface area contributed by atoms with Gasteiger partial charge in [0.25, 0.3) is 0 Å². The van der Waals surface area contributed by atoms with Crippen molar-refractivity contribution >= 4 is 33.3 Å². The highest BCUT2D eigenvalue weighted by atomic mass is 79.9. The molecule has 0 radical (unpaired) electrons. The van der Waals surface area contributed by atoms with Crippen molar-refractivity contribution in [2.45, 2.75) is 32.0 Å². The zero-order valence-corrected chi connectivity index (χ0v) is 12.0. The fourth-order valence-corrected chi connectivity index (χ4v) is 2.07. The Bertz CT molecular complexity index is 398. The number of pyridine rings is 1. The molecule has 1 aromatic rings. The maximum Gasteiger partial charge on any atom is 0.419 e. The molecule has 0 aliphatic rings. The molecule has 1 rings (SSSR count). The lowest BCUT2D eigenvalue weighted by molar-refractivity contribution is -0.137. The Hall–Kier alpha value is -0.490. The number of anilines is 1. The molecule has 0 aromatic carbocycles. The lowest BCUT2D eigenvalue weighted by Gasteiger charge is -2.19. The maximum absolute atomic E-state index is 12.8. The third-order valence-corrected chi connectivity index (χ3v) is 3.10. The van der Waals surface area contributed by atoms with Crippen molar-refractivity contribution in [2.24, 2.45) is 0 Å². The monoisotopic (exact) mass is 344 g/mol. The Morgan fingerprint density at radius 1 is 1.50 bits per heavy atom. The molecule has 0 aliphatic carbocycles. The second kappa shape index (κ2) is 6.61. The molecule has 0 aliphatic heterocycles. The molecule has 2 nitrogen and oxygen atoms in total. The van der Waals surface area contributed by atoms with Crippen LogP contribution in [0.5, 0.6) is 0 Å². The first-order chi connectivity index (χ1) is 8.38. The van der Waals surface area contributed by atoms with Crippen molar-refractivity contribution in [1.82, 2.24) is 4.98 Å². The summed E-state index contributed by atoms with van der Waals surface area (Å²) < 4.78 is 38.8. The summed E-state index contributed by atoms with van der Waals surface area (Å²) in [5, 5.41) is 2.80. The first-order valence-corrected chi connectivity index (χ1v) is 6.76. The molecule has 7 heteroatoms. The van der Waals surface area contributed by atoms with Crippen LogP contribution in [0.15, 0.2) is 16.7 Å². The molecule has 1 aromatic heterocycles. The summed E-state index contributed by atoms with van der Waals surface area (Å²) >= 11 is 8.60. The largest absolute Gasteiger partial charge is 0.419 e. The average molecular weight is 346 g/mol. The SMILES string of the molecule is CCC(CCCl)Nc1ncc(Br)cc1C(F)(F)F. The fourth-order valence-electron chi connectivity index (χ4n) is 1.47. The Morgan fingerprint density at radius 2 is 2.17 bits per heavy atom. The third-order valence-electron chi connectivity index (χ3n) is 2.45. The van der Waals surface area contributed by atoms with Crippen LogP contribution < -0.4 is 5.32 Å². The van der Waals surface area contributed by atoms with Crippen LogP contribution in [0.1, 0.15) is 25.3 Å². The number of hydrogen-bond donors (Lipinski definition) is 1. The molecule has 0 bridgehead atoms. The van der Waals surface area contributed by atoms with Gasteiger partial charge in [0, 0.05) is 22.6 Å². The molecule has 18 heavy (non-hydrogen) atoms. The second-order valence-electron chi connectivity index (χ2n) is 3.77. The Morgan fingerprint density at radius 3 is 2.67 bits per heavy atom. The van der Waals surface area contributed by atoms with Gasteiger partial charge < -0.3 is 5.32 Å². The van der Waals surface area contributed by atoms with Crippen LogP contribution >= 0.6 is 27.5 Å². The summed E-state index contributed by atoms with van der Waals surface area (Å²) in [7, 11) is 0. The van der Waals surface area contributed by atoms with Gasteiger partial charge in [-0.25, -0.2) is 4.98 Å². The fraction of sp³-hybridized carbons (Fsp3) is 0.545. The highest BCUT2D eigenvalue weighted by Crippen LogP contribution is 2.35. The third kappa shape index (κ3) is 4.31. The highest BCUT2D eigenvalue weighted by molar-refractivity contribution is 9.10. The topological polar surface area (TPSA) is 24.9 Å². The molecule has 0 saturated heterocycles. The van der Waals surface area contributed by atoms with E-state index in [-0.39, 0.29) is 11.9 Å². The Labute approximate surface area is 117 Å². The highest BCUT2D eigenvalue weighted by Gasteiger charge is 2.35. The molecule has 102 valence electrons. The van der Waals surface area contributed by atoms with E-state index < -0.39 is 11.7 Å². The van der Waals surface area contributed by atoms with Crippen molar-refractivity contribution in [1.29, 1.82) is 0 Å². The lowest BCUT2D eigenvalue weighted by Crippen LogP contribution is -2.22. The van der Waals surface area contributed by atoms with Crippen LogP contribution in [-0.2, 0) is 6.18 Å². The van der Waals surface area contributed by atoms with E-state index in [0.717, 1.165) is 6.07 Å². The van der Waals surface area contributed by atoms with Gasteiger partial charge in [-0.05, 0) is 34.8 Å². The van der Waals surface area contributed by atoms with Crippen molar-refractivity contribution in [3.8, 4) is 0 Å². The zero-order valence-electron chi connectivity index (χ0n) is 9.69. The van der Waals surface area contributed by atoms with Crippen LogP contribution in [0.25, 0.3) is 0 Å². The van der Waals surface area contributed by atoms with Crippen molar-refractivity contribution in [2.75, 3.05) is 11.2 Å². The average Bonchev–Trinajstić information content (AvgIpc) is 2.29. The van der Waals surface area contributed by atoms with E-state index in [1.165, 1.54) is 6.20 Å². The number of rotatable bonds is 5. The van der Waals surface area contributed by atoms with Gasteiger partial charge in [0.05, 0.1) is 5.56 Å². The van der Waals surface area contributed by atoms with Gasteiger partial charge in [0.1, 0.15) is 5.82 Å². The van der Waals surface area contributed by atoms with Crippen LogP contribution in [0.3, 0.4) is 0 Å². The summed E-state index contributed by atoms with van der Waals surface area (Å²) in [6.45, 7) is 1.89. The first kappa shape index (κ1) is 15.6. The molecular formula is C11H13BrClF3N2. The van der Waals surface area contributed by atoms with Crippen LogP contribution in [0.4, 0.5) is 19.0 Å². The van der Waals surface area contributed by atoms with Crippen molar-refractivity contribution in [3.05, 3.63) is 22.3 Å². The molecule has 1 N–H and O–H groups in total. The van der Waals surface area contributed by atoms with Gasteiger partial charge in [-0.3, -0.25) is 0 Å². The predicted molar refractivity (Wildman–Crippen MR) is 70.0 cm³/mol. The van der Waals surface area contributed by atoms with E-state index in [9.17, 15) is 13.2 Å². The smallest absolute Gasteiger partial charge is 0.367 e.